The Morgan fingerprint density at radius 3 is 2.55 bits per heavy atom. The molecule has 1 atom stereocenters. The standard InChI is InChI=1S/C18H25NO/c1-14-8-10-15(11-9-14)12-16-6-4-5-7-17(18(16)20)13-19(2)3/h8-12,17H,4-7,13H2,1-3H3/b16-12+. The van der Waals surface area contributed by atoms with Crippen LogP contribution in [0.15, 0.2) is 29.8 Å². The molecule has 0 saturated heterocycles. The smallest absolute Gasteiger partial charge is 0.163 e. The van der Waals surface area contributed by atoms with E-state index in [-0.39, 0.29) is 5.92 Å². The Kier molecular flexibility index (Phi) is 5.13. The fraction of sp³-hybridized carbons (Fsp3) is 0.500. The molecule has 0 N–H and O–H groups in total. The van der Waals surface area contributed by atoms with E-state index in [4.69, 9.17) is 0 Å². The number of allylic oxidation sites excluding steroid dienone is 1. The van der Waals surface area contributed by atoms with Crippen molar-refractivity contribution in [3.05, 3.63) is 41.0 Å². The molecule has 0 aliphatic heterocycles. The van der Waals surface area contributed by atoms with Crippen LogP contribution in [0.2, 0.25) is 0 Å². The van der Waals surface area contributed by atoms with Gasteiger partial charge >= 0.3 is 0 Å². The first-order valence-electron chi connectivity index (χ1n) is 7.52. The molecule has 2 rings (SSSR count). The summed E-state index contributed by atoms with van der Waals surface area (Å²) in [5, 5.41) is 0. The lowest BCUT2D eigenvalue weighted by atomic mass is 9.94. The molecule has 1 aliphatic carbocycles. The van der Waals surface area contributed by atoms with Crippen LogP contribution in [-0.2, 0) is 4.79 Å². The number of hydrogen-bond donors (Lipinski definition) is 0. The average molecular weight is 271 g/mol. The van der Waals surface area contributed by atoms with Crippen molar-refractivity contribution < 1.29 is 4.79 Å². The fourth-order valence-electron chi connectivity index (χ4n) is 2.84. The van der Waals surface area contributed by atoms with E-state index >= 15 is 0 Å². The number of carbonyl (C=O) groups excluding carboxylic acids is 1. The Hall–Kier alpha value is -1.41. The van der Waals surface area contributed by atoms with Gasteiger partial charge in [-0.1, -0.05) is 36.2 Å². The normalized spacial score (nSPS) is 22.3. The first kappa shape index (κ1) is 15.0. The summed E-state index contributed by atoms with van der Waals surface area (Å²) in [6.07, 6.45) is 6.34. The van der Waals surface area contributed by atoms with Crippen molar-refractivity contribution in [2.75, 3.05) is 20.6 Å². The predicted octanol–water partition coefficient (Wildman–Crippen LogP) is 3.70. The minimum atomic E-state index is 0.171. The molecule has 2 heteroatoms. The molecule has 0 spiro atoms. The highest BCUT2D eigenvalue weighted by Crippen LogP contribution is 2.26. The molecule has 2 nitrogen and oxygen atoms in total. The Balaban J connectivity index is 2.20. The van der Waals surface area contributed by atoms with E-state index in [2.05, 4.69) is 42.2 Å². The summed E-state index contributed by atoms with van der Waals surface area (Å²) < 4.78 is 0. The van der Waals surface area contributed by atoms with E-state index in [0.717, 1.165) is 43.4 Å². The number of carbonyl (C=O) groups is 1. The van der Waals surface area contributed by atoms with Crippen LogP contribution in [0.3, 0.4) is 0 Å². The molecule has 0 heterocycles. The summed E-state index contributed by atoms with van der Waals surface area (Å²) >= 11 is 0. The zero-order valence-corrected chi connectivity index (χ0v) is 12.9. The number of hydrogen-bond acceptors (Lipinski definition) is 2. The monoisotopic (exact) mass is 271 g/mol. The highest BCUT2D eigenvalue weighted by Gasteiger charge is 2.24. The van der Waals surface area contributed by atoms with Gasteiger partial charge in [-0.05, 0) is 57.5 Å². The molecule has 0 bridgehead atoms. The van der Waals surface area contributed by atoms with Gasteiger partial charge in [0.05, 0.1) is 0 Å². The summed E-state index contributed by atoms with van der Waals surface area (Å²) in [5.41, 5.74) is 3.41. The zero-order chi connectivity index (χ0) is 14.5. The lowest BCUT2D eigenvalue weighted by Gasteiger charge is -2.18. The highest BCUT2D eigenvalue weighted by molar-refractivity contribution is 6.01. The largest absolute Gasteiger partial charge is 0.309 e. The first-order chi connectivity index (χ1) is 9.56. The maximum atomic E-state index is 12.7. The third-order valence-corrected chi connectivity index (χ3v) is 3.94. The molecule has 108 valence electrons. The molecule has 0 aromatic heterocycles. The van der Waals surface area contributed by atoms with Gasteiger partial charge in [0.2, 0.25) is 0 Å². The van der Waals surface area contributed by atoms with E-state index in [0.29, 0.717) is 5.78 Å². The summed E-state index contributed by atoms with van der Waals surface area (Å²) in [7, 11) is 4.09. The molecule has 1 aliphatic rings. The average Bonchev–Trinajstić information content (AvgIpc) is 2.56. The SMILES string of the molecule is Cc1ccc(/C=C2\CCCCC(CN(C)C)C2=O)cc1. The van der Waals surface area contributed by atoms with Gasteiger partial charge in [-0.2, -0.15) is 0 Å². The van der Waals surface area contributed by atoms with Crippen LogP contribution in [0.4, 0.5) is 0 Å². The van der Waals surface area contributed by atoms with E-state index in [1.807, 2.05) is 14.1 Å². The Morgan fingerprint density at radius 2 is 1.90 bits per heavy atom. The molecule has 0 radical (unpaired) electrons. The summed E-state index contributed by atoms with van der Waals surface area (Å²) in [4.78, 5) is 14.8. The fourth-order valence-corrected chi connectivity index (χ4v) is 2.84. The van der Waals surface area contributed by atoms with E-state index in [1.165, 1.54) is 5.56 Å². The van der Waals surface area contributed by atoms with Crippen molar-refractivity contribution >= 4 is 11.9 Å². The maximum Gasteiger partial charge on any atom is 0.163 e. The zero-order valence-electron chi connectivity index (χ0n) is 12.9. The number of rotatable bonds is 3. The van der Waals surface area contributed by atoms with Gasteiger partial charge in [-0.3, -0.25) is 4.79 Å². The van der Waals surface area contributed by atoms with Crippen LogP contribution in [0.25, 0.3) is 6.08 Å². The summed E-state index contributed by atoms with van der Waals surface area (Å²) in [6, 6.07) is 8.40. The van der Waals surface area contributed by atoms with Crippen molar-refractivity contribution in [3.8, 4) is 0 Å². The van der Waals surface area contributed by atoms with Crippen molar-refractivity contribution in [2.24, 2.45) is 5.92 Å². The van der Waals surface area contributed by atoms with Gasteiger partial charge < -0.3 is 4.90 Å². The summed E-state index contributed by atoms with van der Waals surface area (Å²) in [5.74, 6) is 0.529. The second-order valence-electron chi connectivity index (χ2n) is 6.15. The van der Waals surface area contributed by atoms with Crippen LogP contribution in [-0.4, -0.2) is 31.3 Å². The Bertz CT molecular complexity index is 485. The minimum Gasteiger partial charge on any atom is -0.309 e. The topological polar surface area (TPSA) is 20.3 Å². The Labute approximate surface area is 122 Å². The van der Waals surface area contributed by atoms with Crippen LogP contribution in [0.1, 0.15) is 36.8 Å². The summed E-state index contributed by atoms with van der Waals surface area (Å²) in [6.45, 7) is 2.95. The van der Waals surface area contributed by atoms with Crippen molar-refractivity contribution in [2.45, 2.75) is 32.6 Å². The van der Waals surface area contributed by atoms with Crippen molar-refractivity contribution in [1.82, 2.24) is 4.90 Å². The quantitative estimate of drug-likeness (QED) is 0.617. The van der Waals surface area contributed by atoms with Crippen LogP contribution in [0, 0.1) is 12.8 Å². The van der Waals surface area contributed by atoms with Gasteiger partial charge in [0.25, 0.3) is 0 Å². The number of nitrogens with zero attached hydrogens (tertiary/aromatic N) is 1. The number of aryl methyl sites for hydroxylation is 1. The van der Waals surface area contributed by atoms with Crippen LogP contribution < -0.4 is 0 Å². The van der Waals surface area contributed by atoms with Gasteiger partial charge in [-0.25, -0.2) is 0 Å². The van der Waals surface area contributed by atoms with Crippen LogP contribution in [0.5, 0.6) is 0 Å². The number of ketones is 1. The van der Waals surface area contributed by atoms with Crippen molar-refractivity contribution in [1.29, 1.82) is 0 Å². The molecule has 1 fully saturated rings. The van der Waals surface area contributed by atoms with E-state index < -0.39 is 0 Å². The molecular weight excluding hydrogens is 246 g/mol. The number of benzene rings is 1. The maximum absolute atomic E-state index is 12.7. The van der Waals surface area contributed by atoms with Gasteiger partial charge in [0, 0.05) is 12.5 Å². The highest BCUT2D eigenvalue weighted by atomic mass is 16.1. The van der Waals surface area contributed by atoms with Gasteiger partial charge in [-0.15, -0.1) is 0 Å². The first-order valence-corrected chi connectivity index (χ1v) is 7.52. The number of Topliss-reactive ketones (excluding diaryl/α,β-unsaturated/α-hetero) is 1. The second kappa shape index (κ2) is 6.85. The van der Waals surface area contributed by atoms with Gasteiger partial charge in [0.1, 0.15) is 0 Å². The predicted molar refractivity (Wildman–Crippen MR) is 84.7 cm³/mol. The van der Waals surface area contributed by atoms with Gasteiger partial charge in [0.15, 0.2) is 5.78 Å². The minimum absolute atomic E-state index is 0.171. The van der Waals surface area contributed by atoms with Crippen molar-refractivity contribution in [3.63, 3.8) is 0 Å². The second-order valence-corrected chi connectivity index (χ2v) is 6.15. The lowest BCUT2D eigenvalue weighted by Crippen LogP contribution is -2.27. The lowest BCUT2D eigenvalue weighted by molar-refractivity contribution is -0.119. The molecule has 1 unspecified atom stereocenters. The molecule has 20 heavy (non-hydrogen) atoms. The third-order valence-electron chi connectivity index (χ3n) is 3.94. The molecule has 1 aromatic carbocycles. The molecule has 0 amide bonds. The molecular formula is C18H25NO. The van der Waals surface area contributed by atoms with Crippen LogP contribution >= 0.6 is 0 Å². The third kappa shape index (κ3) is 4.04. The Morgan fingerprint density at radius 1 is 1.20 bits per heavy atom. The molecule has 1 aromatic rings. The van der Waals surface area contributed by atoms with E-state index in [9.17, 15) is 4.79 Å². The molecule has 1 saturated carbocycles. The van der Waals surface area contributed by atoms with E-state index in [1.54, 1.807) is 0 Å².